The Balaban J connectivity index is 1.86. The van der Waals surface area contributed by atoms with Gasteiger partial charge in [0.1, 0.15) is 0 Å². The van der Waals surface area contributed by atoms with Crippen LogP contribution >= 0.6 is 0 Å². The summed E-state index contributed by atoms with van der Waals surface area (Å²) >= 11 is 0. The maximum atomic E-state index is 5.39. The van der Waals surface area contributed by atoms with E-state index in [1.165, 1.54) is 12.8 Å². The molecular weight excluding hydrogens is 152 g/mol. The van der Waals surface area contributed by atoms with Crippen LogP contribution in [0.4, 0.5) is 0 Å². The van der Waals surface area contributed by atoms with Crippen LogP contribution in [-0.2, 0) is 11.3 Å². The van der Waals surface area contributed by atoms with Gasteiger partial charge in [0, 0.05) is 31.5 Å². The zero-order valence-corrected chi connectivity index (χ0v) is 7.15. The Morgan fingerprint density at radius 1 is 1.58 bits per heavy atom. The van der Waals surface area contributed by atoms with E-state index in [1.54, 1.807) is 0 Å². The molecule has 0 radical (unpaired) electrons. The first-order valence-corrected chi connectivity index (χ1v) is 4.50. The van der Waals surface area contributed by atoms with Crippen molar-refractivity contribution in [2.24, 2.45) is 5.92 Å². The standard InChI is InChI=1S/C9H14N2O/c1-3-9(8-12-6-1)7-11-5-2-4-10-11/h2,4-5,9H,1,3,6-8H2/t9-/m1/s1. The van der Waals surface area contributed by atoms with Gasteiger partial charge in [-0.3, -0.25) is 4.68 Å². The van der Waals surface area contributed by atoms with Crippen LogP contribution < -0.4 is 0 Å². The molecule has 1 aliphatic rings. The summed E-state index contributed by atoms with van der Waals surface area (Å²) in [6.45, 7) is 2.85. The van der Waals surface area contributed by atoms with Crippen molar-refractivity contribution in [1.82, 2.24) is 9.78 Å². The fourth-order valence-corrected chi connectivity index (χ4v) is 1.62. The smallest absolute Gasteiger partial charge is 0.0511 e. The number of ether oxygens (including phenoxy) is 1. The topological polar surface area (TPSA) is 27.1 Å². The third kappa shape index (κ3) is 1.85. The van der Waals surface area contributed by atoms with E-state index in [-0.39, 0.29) is 0 Å². The Morgan fingerprint density at radius 2 is 2.58 bits per heavy atom. The minimum absolute atomic E-state index is 0.665. The van der Waals surface area contributed by atoms with Crippen LogP contribution in [0.2, 0.25) is 0 Å². The summed E-state index contributed by atoms with van der Waals surface area (Å²) in [6.07, 6.45) is 6.31. The van der Waals surface area contributed by atoms with Crippen molar-refractivity contribution in [2.45, 2.75) is 19.4 Å². The number of aromatic nitrogens is 2. The molecule has 1 aromatic heterocycles. The van der Waals surface area contributed by atoms with Gasteiger partial charge in [-0.05, 0) is 18.9 Å². The molecule has 0 N–H and O–H groups in total. The molecule has 12 heavy (non-hydrogen) atoms. The lowest BCUT2D eigenvalue weighted by atomic mass is 10.0. The summed E-state index contributed by atoms with van der Waals surface area (Å²) in [7, 11) is 0. The molecule has 0 saturated carbocycles. The molecule has 1 aliphatic heterocycles. The minimum atomic E-state index is 0.665. The van der Waals surface area contributed by atoms with Crippen molar-refractivity contribution in [1.29, 1.82) is 0 Å². The summed E-state index contributed by atoms with van der Waals surface area (Å²) < 4.78 is 7.38. The molecule has 0 aliphatic carbocycles. The summed E-state index contributed by atoms with van der Waals surface area (Å²) in [4.78, 5) is 0. The van der Waals surface area contributed by atoms with E-state index in [4.69, 9.17) is 4.74 Å². The van der Waals surface area contributed by atoms with Gasteiger partial charge in [0.05, 0.1) is 6.61 Å². The van der Waals surface area contributed by atoms with Gasteiger partial charge >= 0.3 is 0 Å². The fourth-order valence-electron chi connectivity index (χ4n) is 1.62. The van der Waals surface area contributed by atoms with E-state index in [0.717, 1.165) is 19.8 Å². The van der Waals surface area contributed by atoms with Gasteiger partial charge in [-0.2, -0.15) is 5.10 Å². The first kappa shape index (κ1) is 7.80. The lowest BCUT2D eigenvalue weighted by Gasteiger charge is -2.21. The van der Waals surface area contributed by atoms with Gasteiger partial charge in [0.15, 0.2) is 0 Å². The van der Waals surface area contributed by atoms with Crippen LogP contribution in [0.1, 0.15) is 12.8 Å². The Morgan fingerprint density at radius 3 is 3.25 bits per heavy atom. The van der Waals surface area contributed by atoms with Crippen LogP contribution in [0.3, 0.4) is 0 Å². The Hall–Kier alpha value is -0.830. The average molecular weight is 166 g/mol. The predicted octanol–water partition coefficient (Wildman–Crippen LogP) is 1.31. The zero-order valence-electron chi connectivity index (χ0n) is 7.15. The SMILES string of the molecule is c1cnn(C[C@H]2CCCOC2)c1. The first-order chi connectivity index (χ1) is 5.95. The maximum absolute atomic E-state index is 5.39. The minimum Gasteiger partial charge on any atom is -0.381 e. The number of rotatable bonds is 2. The third-order valence-electron chi connectivity index (χ3n) is 2.26. The second-order valence-electron chi connectivity index (χ2n) is 3.31. The molecule has 66 valence electrons. The van der Waals surface area contributed by atoms with Crippen LogP contribution in [-0.4, -0.2) is 23.0 Å². The van der Waals surface area contributed by atoms with E-state index in [9.17, 15) is 0 Å². The second kappa shape index (κ2) is 3.72. The summed E-state index contributed by atoms with van der Waals surface area (Å²) in [5.41, 5.74) is 0. The predicted molar refractivity (Wildman–Crippen MR) is 45.8 cm³/mol. The van der Waals surface area contributed by atoms with Crippen molar-refractivity contribution in [3.8, 4) is 0 Å². The highest BCUT2D eigenvalue weighted by molar-refractivity contribution is 4.78. The lowest BCUT2D eigenvalue weighted by molar-refractivity contribution is 0.0470. The van der Waals surface area contributed by atoms with E-state index in [0.29, 0.717) is 5.92 Å². The highest BCUT2D eigenvalue weighted by Crippen LogP contribution is 2.14. The zero-order chi connectivity index (χ0) is 8.23. The van der Waals surface area contributed by atoms with Gasteiger partial charge in [-0.15, -0.1) is 0 Å². The quantitative estimate of drug-likeness (QED) is 0.662. The van der Waals surface area contributed by atoms with Gasteiger partial charge in [0.2, 0.25) is 0 Å². The van der Waals surface area contributed by atoms with Gasteiger partial charge in [-0.1, -0.05) is 0 Å². The molecule has 0 amide bonds. The molecular formula is C9H14N2O. The maximum Gasteiger partial charge on any atom is 0.0511 e. The van der Waals surface area contributed by atoms with Crippen molar-refractivity contribution >= 4 is 0 Å². The van der Waals surface area contributed by atoms with Crippen molar-refractivity contribution in [3.05, 3.63) is 18.5 Å². The molecule has 3 nitrogen and oxygen atoms in total. The van der Waals surface area contributed by atoms with Gasteiger partial charge in [-0.25, -0.2) is 0 Å². The second-order valence-corrected chi connectivity index (χ2v) is 3.31. The van der Waals surface area contributed by atoms with Crippen molar-refractivity contribution < 1.29 is 4.74 Å². The van der Waals surface area contributed by atoms with Crippen LogP contribution in [0.25, 0.3) is 0 Å². The fraction of sp³-hybridized carbons (Fsp3) is 0.667. The number of hydrogen-bond acceptors (Lipinski definition) is 2. The number of hydrogen-bond donors (Lipinski definition) is 0. The van der Waals surface area contributed by atoms with Crippen molar-refractivity contribution in [2.75, 3.05) is 13.2 Å². The lowest BCUT2D eigenvalue weighted by Crippen LogP contribution is -2.22. The molecule has 0 unspecified atom stereocenters. The third-order valence-corrected chi connectivity index (χ3v) is 2.26. The monoisotopic (exact) mass is 166 g/mol. The number of nitrogens with zero attached hydrogens (tertiary/aromatic N) is 2. The Labute approximate surface area is 72.3 Å². The van der Waals surface area contributed by atoms with Crippen molar-refractivity contribution in [3.63, 3.8) is 0 Å². The van der Waals surface area contributed by atoms with Gasteiger partial charge < -0.3 is 4.74 Å². The summed E-state index contributed by atoms with van der Waals surface area (Å²) in [5.74, 6) is 0.665. The molecule has 3 heteroatoms. The first-order valence-electron chi connectivity index (χ1n) is 4.50. The molecule has 1 aromatic rings. The van der Waals surface area contributed by atoms with Gasteiger partial charge in [0.25, 0.3) is 0 Å². The molecule has 1 saturated heterocycles. The molecule has 0 bridgehead atoms. The van der Waals surface area contributed by atoms with E-state index >= 15 is 0 Å². The molecule has 1 atom stereocenters. The summed E-state index contributed by atoms with van der Waals surface area (Å²) in [5, 5.41) is 4.17. The molecule has 2 heterocycles. The highest BCUT2D eigenvalue weighted by atomic mass is 16.5. The molecule has 0 spiro atoms. The largest absolute Gasteiger partial charge is 0.381 e. The average Bonchev–Trinajstić information content (AvgIpc) is 2.59. The summed E-state index contributed by atoms with van der Waals surface area (Å²) in [6, 6.07) is 1.96. The normalized spacial score (nSPS) is 24.2. The highest BCUT2D eigenvalue weighted by Gasteiger charge is 2.13. The molecule has 2 rings (SSSR count). The Bertz CT molecular complexity index is 214. The van der Waals surface area contributed by atoms with Crippen LogP contribution in [0.5, 0.6) is 0 Å². The van der Waals surface area contributed by atoms with E-state index < -0.39 is 0 Å². The van der Waals surface area contributed by atoms with E-state index in [1.807, 2.05) is 23.1 Å². The van der Waals surface area contributed by atoms with E-state index in [2.05, 4.69) is 5.10 Å². The molecule has 1 fully saturated rings. The Kier molecular flexibility index (Phi) is 2.42. The molecule has 0 aromatic carbocycles. The van der Waals surface area contributed by atoms with Crippen LogP contribution in [0, 0.1) is 5.92 Å². The van der Waals surface area contributed by atoms with Crippen LogP contribution in [0.15, 0.2) is 18.5 Å².